The Labute approximate surface area is 274 Å². The molecule has 1 amide bonds. The van der Waals surface area contributed by atoms with Gasteiger partial charge < -0.3 is 20.1 Å². The highest BCUT2D eigenvalue weighted by Gasteiger charge is 2.29. The van der Waals surface area contributed by atoms with Crippen molar-refractivity contribution in [3.63, 3.8) is 0 Å². The predicted molar refractivity (Wildman–Crippen MR) is 185 cm³/mol. The highest BCUT2D eigenvalue weighted by molar-refractivity contribution is 7.88. The van der Waals surface area contributed by atoms with Gasteiger partial charge in [-0.1, -0.05) is 42.5 Å². The van der Waals surface area contributed by atoms with E-state index in [1.807, 2.05) is 70.6 Å². The number of benzene rings is 2. The topological polar surface area (TPSA) is 121 Å². The van der Waals surface area contributed by atoms with E-state index in [1.165, 1.54) is 12.8 Å². The molecule has 2 N–H and O–H groups in total. The molecular weight excluding hydrogens is 614 g/mol. The Bertz CT molecular complexity index is 2100. The second kappa shape index (κ2) is 13.1. The molecule has 0 unspecified atom stereocenters. The number of nitrogens with one attached hydrogen (secondary N) is 2. The fraction of sp³-hybridized carbons (Fsp3) is 0.400. The number of hydrogen-bond donors (Lipinski definition) is 2. The lowest BCUT2D eigenvalue weighted by atomic mass is 9.98. The molecule has 2 fully saturated rings. The molecule has 5 aromatic rings. The molecule has 0 spiro atoms. The second-order valence-corrected chi connectivity index (χ2v) is 14.7. The SMILES string of the molecule is Cn1c2ccccc2n2c3nc(NCC4CCN(S(=O)(=O)Cc5ccccc5)CC4)ccc3c(=O)c(C(=O)NCCN3CCCC3)c12. The summed E-state index contributed by atoms with van der Waals surface area (Å²) in [6.07, 6.45) is 3.86. The number of nitrogens with zero attached hydrogens (tertiary/aromatic N) is 5. The number of piperidine rings is 1. The van der Waals surface area contributed by atoms with Crippen LogP contribution in [0, 0.1) is 5.92 Å². The number of fused-ring (bicyclic) bond motifs is 5. The monoisotopic (exact) mass is 655 g/mol. The Hall–Kier alpha value is -4.26. The number of likely N-dealkylation sites (tertiary alicyclic amines) is 1. The van der Waals surface area contributed by atoms with E-state index in [4.69, 9.17) is 4.98 Å². The molecule has 2 aliphatic rings. The van der Waals surface area contributed by atoms with Crippen LogP contribution in [0.5, 0.6) is 0 Å². The first-order chi connectivity index (χ1) is 22.8. The zero-order valence-electron chi connectivity index (χ0n) is 26.7. The maximum atomic E-state index is 14.0. The molecule has 246 valence electrons. The Kier molecular flexibility index (Phi) is 8.73. The molecule has 0 aliphatic carbocycles. The maximum Gasteiger partial charge on any atom is 0.259 e. The molecule has 0 bridgehead atoms. The normalized spacial score (nSPS) is 16.8. The predicted octanol–water partition coefficient (Wildman–Crippen LogP) is 3.82. The minimum absolute atomic E-state index is 0.0156. The lowest BCUT2D eigenvalue weighted by Crippen LogP contribution is -2.40. The quantitative estimate of drug-likeness (QED) is 0.235. The van der Waals surface area contributed by atoms with Crippen molar-refractivity contribution in [3.05, 3.63) is 88.1 Å². The molecule has 2 saturated heterocycles. The Morgan fingerprint density at radius 1 is 0.915 bits per heavy atom. The first-order valence-electron chi connectivity index (χ1n) is 16.5. The van der Waals surface area contributed by atoms with Gasteiger partial charge in [0, 0.05) is 39.8 Å². The van der Waals surface area contributed by atoms with Crippen LogP contribution in [0.4, 0.5) is 5.82 Å². The number of carbonyl (C=O) groups is 1. The fourth-order valence-corrected chi connectivity index (χ4v) is 8.65. The summed E-state index contributed by atoms with van der Waals surface area (Å²) in [4.78, 5) is 34.8. The minimum atomic E-state index is -3.38. The standard InChI is InChI=1S/C35H41N7O4S/c1-39-28-11-5-6-12-29(28)42-33-27(32(43)31(35(39)42)34(44)36-17-22-40-18-7-8-19-40)13-14-30(38-33)37-23-25-15-20-41(21-16-25)47(45,46)24-26-9-3-2-4-10-26/h2-6,9-14,25H,7-8,15-24H2,1H3,(H,36,44)(H,37,38). The number of aryl methyl sites for hydroxylation is 1. The highest BCUT2D eigenvalue weighted by atomic mass is 32.2. The number of aromatic nitrogens is 3. The summed E-state index contributed by atoms with van der Waals surface area (Å²) in [5.74, 6) is 0.545. The molecule has 11 nitrogen and oxygen atoms in total. The summed E-state index contributed by atoms with van der Waals surface area (Å²) in [7, 11) is -1.50. The first kappa shape index (κ1) is 31.3. The molecule has 0 radical (unpaired) electrons. The van der Waals surface area contributed by atoms with Gasteiger partial charge in [-0.05, 0) is 74.5 Å². The van der Waals surface area contributed by atoms with Crippen LogP contribution in [0.2, 0.25) is 0 Å². The number of anilines is 1. The summed E-state index contributed by atoms with van der Waals surface area (Å²) in [6.45, 7) is 4.93. The van der Waals surface area contributed by atoms with Crippen molar-refractivity contribution < 1.29 is 13.2 Å². The number of rotatable bonds is 10. The van der Waals surface area contributed by atoms with Gasteiger partial charge in [0.25, 0.3) is 5.91 Å². The number of amides is 1. The van der Waals surface area contributed by atoms with E-state index in [0.717, 1.165) is 49.1 Å². The largest absolute Gasteiger partial charge is 0.370 e. The second-order valence-electron chi connectivity index (χ2n) is 12.7. The van der Waals surface area contributed by atoms with E-state index >= 15 is 0 Å². The summed E-state index contributed by atoms with van der Waals surface area (Å²) in [5, 5.41) is 6.83. The first-order valence-corrected chi connectivity index (χ1v) is 18.1. The van der Waals surface area contributed by atoms with Gasteiger partial charge in [0.05, 0.1) is 22.2 Å². The third-order valence-corrected chi connectivity index (χ3v) is 11.5. The zero-order chi connectivity index (χ0) is 32.5. The molecule has 7 rings (SSSR count). The number of pyridine rings is 2. The zero-order valence-corrected chi connectivity index (χ0v) is 27.5. The number of carbonyl (C=O) groups excluding carboxylic acids is 1. The van der Waals surface area contributed by atoms with E-state index in [2.05, 4.69) is 15.5 Å². The molecular formula is C35H41N7O4S. The molecule has 12 heteroatoms. The summed E-state index contributed by atoms with van der Waals surface area (Å²) in [6, 6.07) is 20.7. The van der Waals surface area contributed by atoms with Gasteiger partial charge >= 0.3 is 0 Å². The maximum absolute atomic E-state index is 14.0. The van der Waals surface area contributed by atoms with Crippen molar-refractivity contribution in [1.29, 1.82) is 0 Å². The van der Waals surface area contributed by atoms with E-state index in [1.54, 1.807) is 16.4 Å². The average Bonchev–Trinajstić information content (AvgIpc) is 3.71. The van der Waals surface area contributed by atoms with Gasteiger partial charge in [0.1, 0.15) is 17.0 Å². The van der Waals surface area contributed by atoms with Gasteiger partial charge in [0.15, 0.2) is 5.65 Å². The molecule has 47 heavy (non-hydrogen) atoms. The van der Waals surface area contributed by atoms with Crippen molar-refractivity contribution in [2.24, 2.45) is 13.0 Å². The van der Waals surface area contributed by atoms with Gasteiger partial charge in [0.2, 0.25) is 15.5 Å². The van der Waals surface area contributed by atoms with E-state index < -0.39 is 10.0 Å². The molecule has 2 aromatic carbocycles. The number of imidazole rings is 1. The fourth-order valence-electron chi connectivity index (χ4n) is 7.08. The van der Waals surface area contributed by atoms with E-state index in [9.17, 15) is 18.0 Å². The van der Waals surface area contributed by atoms with Gasteiger partial charge in [-0.3, -0.25) is 14.0 Å². The Morgan fingerprint density at radius 3 is 2.36 bits per heavy atom. The van der Waals surface area contributed by atoms with Crippen LogP contribution in [0.1, 0.15) is 41.6 Å². The lowest BCUT2D eigenvalue weighted by Gasteiger charge is -2.31. The number of hydrogen-bond acceptors (Lipinski definition) is 7. The van der Waals surface area contributed by atoms with Crippen LogP contribution in [0.25, 0.3) is 27.7 Å². The molecule has 3 aromatic heterocycles. The summed E-state index contributed by atoms with van der Waals surface area (Å²) >= 11 is 0. The number of sulfonamides is 1. The van der Waals surface area contributed by atoms with Gasteiger partial charge in [-0.25, -0.2) is 17.7 Å². The van der Waals surface area contributed by atoms with E-state index in [0.29, 0.717) is 48.7 Å². The van der Waals surface area contributed by atoms with Gasteiger partial charge in [-0.15, -0.1) is 0 Å². The lowest BCUT2D eigenvalue weighted by molar-refractivity contribution is 0.0950. The molecule has 0 atom stereocenters. The Balaban J connectivity index is 1.11. The van der Waals surface area contributed by atoms with Crippen LogP contribution in [0.3, 0.4) is 0 Å². The summed E-state index contributed by atoms with van der Waals surface area (Å²) in [5.41, 5.74) is 3.32. The van der Waals surface area contributed by atoms with Crippen molar-refractivity contribution in [3.8, 4) is 0 Å². The van der Waals surface area contributed by atoms with E-state index in [-0.39, 0.29) is 28.6 Å². The smallest absolute Gasteiger partial charge is 0.259 e. The highest BCUT2D eigenvalue weighted by Crippen LogP contribution is 2.27. The minimum Gasteiger partial charge on any atom is -0.370 e. The van der Waals surface area contributed by atoms with Gasteiger partial charge in [-0.2, -0.15) is 0 Å². The van der Waals surface area contributed by atoms with Crippen LogP contribution >= 0.6 is 0 Å². The van der Waals surface area contributed by atoms with Crippen molar-refractivity contribution in [2.45, 2.75) is 31.4 Å². The van der Waals surface area contributed by atoms with Crippen LogP contribution in [-0.4, -0.2) is 83.3 Å². The molecule has 2 aliphatic heterocycles. The average molecular weight is 656 g/mol. The summed E-state index contributed by atoms with van der Waals surface area (Å²) < 4.78 is 31.4. The van der Waals surface area contributed by atoms with Crippen LogP contribution < -0.4 is 16.1 Å². The third kappa shape index (κ3) is 6.24. The Morgan fingerprint density at radius 2 is 1.62 bits per heavy atom. The van der Waals surface area contributed by atoms with Crippen molar-refractivity contribution in [2.75, 3.05) is 51.1 Å². The number of para-hydroxylation sites is 2. The molecule has 0 saturated carbocycles. The van der Waals surface area contributed by atoms with Crippen LogP contribution in [0.15, 0.2) is 71.5 Å². The van der Waals surface area contributed by atoms with Crippen molar-refractivity contribution in [1.82, 2.24) is 28.5 Å². The van der Waals surface area contributed by atoms with Crippen LogP contribution in [-0.2, 0) is 22.8 Å². The molecule has 5 heterocycles. The third-order valence-electron chi connectivity index (χ3n) is 9.67. The van der Waals surface area contributed by atoms with Crippen molar-refractivity contribution >= 4 is 49.5 Å².